The maximum atomic E-state index is 10.6. The molecule has 0 aliphatic heterocycles. The van der Waals surface area contributed by atoms with E-state index >= 15 is 0 Å². The number of pyridine rings is 1. The number of hydrogen-bond donors (Lipinski definition) is 3. The van der Waals surface area contributed by atoms with Gasteiger partial charge in [0.15, 0.2) is 0 Å². The predicted octanol–water partition coefficient (Wildman–Crippen LogP) is 0.655. The summed E-state index contributed by atoms with van der Waals surface area (Å²) in [6.45, 7) is 1.71. The highest BCUT2D eigenvalue weighted by Gasteiger charge is 2.18. The summed E-state index contributed by atoms with van der Waals surface area (Å²) in [5.41, 5.74) is 0.490. The number of aromatic nitrogens is 1. The highest BCUT2D eigenvalue weighted by molar-refractivity contribution is 6.29. The van der Waals surface area contributed by atoms with E-state index in [-0.39, 0.29) is 12.3 Å². The smallest absolute Gasteiger partial charge is 0.216 e. The molecule has 1 aromatic heterocycles. The van der Waals surface area contributed by atoms with Crippen molar-refractivity contribution in [2.45, 2.75) is 25.6 Å². The van der Waals surface area contributed by atoms with Crippen LogP contribution < -0.4 is 5.32 Å². The topological polar surface area (TPSA) is 82.5 Å². The zero-order valence-electron chi connectivity index (χ0n) is 9.43. The summed E-state index contributed by atoms with van der Waals surface area (Å²) < 4.78 is 0. The van der Waals surface area contributed by atoms with E-state index < -0.39 is 12.2 Å². The van der Waals surface area contributed by atoms with Crippen LogP contribution in [0.3, 0.4) is 0 Å². The van der Waals surface area contributed by atoms with E-state index in [9.17, 15) is 15.0 Å². The van der Waals surface area contributed by atoms with Crippen LogP contribution in [0.1, 0.15) is 25.0 Å². The van der Waals surface area contributed by atoms with Gasteiger partial charge in [-0.3, -0.25) is 4.79 Å². The van der Waals surface area contributed by atoms with Gasteiger partial charge in [0.2, 0.25) is 5.91 Å². The fourth-order valence-electron chi connectivity index (χ4n) is 1.34. The van der Waals surface area contributed by atoms with Gasteiger partial charge in [-0.25, -0.2) is 4.98 Å². The minimum atomic E-state index is -1.03. The Labute approximate surface area is 104 Å². The van der Waals surface area contributed by atoms with Crippen LogP contribution in [0, 0.1) is 0 Å². The van der Waals surface area contributed by atoms with Gasteiger partial charge in [0.1, 0.15) is 11.3 Å². The summed E-state index contributed by atoms with van der Waals surface area (Å²) in [6, 6.07) is 3.14. The fourth-order valence-corrected chi connectivity index (χ4v) is 1.45. The van der Waals surface area contributed by atoms with E-state index in [0.717, 1.165) is 0 Å². The summed E-state index contributed by atoms with van der Waals surface area (Å²) in [5, 5.41) is 22.4. The molecule has 0 aliphatic carbocycles. The number of nitrogens with zero attached hydrogens (tertiary/aromatic N) is 1. The molecule has 0 fully saturated rings. The van der Waals surface area contributed by atoms with E-state index in [2.05, 4.69) is 10.3 Å². The Bertz CT molecular complexity index is 369. The Morgan fingerprint density at radius 1 is 1.53 bits per heavy atom. The number of carbonyl (C=O) groups is 1. The van der Waals surface area contributed by atoms with Gasteiger partial charge in [-0.2, -0.15) is 0 Å². The zero-order chi connectivity index (χ0) is 12.8. The molecule has 5 nitrogen and oxygen atoms in total. The van der Waals surface area contributed by atoms with Crippen LogP contribution in [0.25, 0.3) is 0 Å². The van der Waals surface area contributed by atoms with Crippen LogP contribution in [0.2, 0.25) is 5.15 Å². The van der Waals surface area contributed by atoms with Crippen molar-refractivity contribution in [1.82, 2.24) is 10.3 Å². The van der Waals surface area contributed by atoms with Crippen LogP contribution in [-0.4, -0.2) is 33.8 Å². The molecule has 6 heteroatoms. The second-order valence-electron chi connectivity index (χ2n) is 3.70. The van der Waals surface area contributed by atoms with Gasteiger partial charge in [-0.15, -0.1) is 0 Å². The summed E-state index contributed by atoms with van der Waals surface area (Å²) in [7, 11) is 0. The van der Waals surface area contributed by atoms with Gasteiger partial charge in [-0.05, 0) is 12.5 Å². The van der Waals surface area contributed by atoms with Gasteiger partial charge in [0, 0.05) is 25.2 Å². The van der Waals surface area contributed by atoms with E-state index in [0.29, 0.717) is 17.3 Å². The van der Waals surface area contributed by atoms with Gasteiger partial charge in [-0.1, -0.05) is 17.7 Å². The maximum Gasteiger partial charge on any atom is 0.216 e. The Balaban J connectivity index is 2.48. The third kappa shape index (κ3) is 4.68. The lowest BCUT2D eigenvalue weighted by Gasteiger charge is -2.17. The van der Waals surface area contributed by atoms with Crippen molar-refractivity contribution < 1.29 is 15.0 Å². The SMILES string of the molecule is CC(=O)NCCC(O)C(O)c1ccc(Cl)nc1. The molecule has 0 bridgehead atoms. The summed E-state index contributed by atoms with van der Waals surface area (Å²) in [5.74, 6) is -0.167. The van der Waals surface area contributed by atoms with E-state index in [4.69, 9.17) is 11.6 Å². The van der Waals surface area contributed by atoms with Crippen LogP contribution in [-0.2, 0) is 4.79 Å². The van der Waals surface area contributed by atoms with Crippen LogP contribution >= 0.6 is 11.6 Å². The van der Waals surface area contributed by atoms with Gasteiger partial charge >= 0.3 is 0 Å². The Morgan fingerprint density at radius 3 is 2.76 bits per heavy atom. The molecule has 2 unspecified atom stereocenters. The van der Waals surface area contributed by atoms with E-state index in [1.54, 1.807) is 12.1 Å². The van der Waals surface area contributed by atoms with Gasteiger partial charge in [0.05, 0.1) is 6.10 Å². The van der Waals surface area contributed by atoms with Crippen molar-refractivity contribution in [3.05, 3.63) is 29.0 Å². The molecule has 94 valence electrons. The monoisotopic (exact) mass is 258 g/mol. The standard InChI is InChI=1S/C11H15ClN2O3/c1-7(15)13-5-4-9(16)11(17)8-2-3-10(12)14-6-8/h2-3,6,9,11,16-17H,4-5H2,1H3,(H,13,15). The van der Waals surface area contributed by atoms with Crippen LogP contribution in [0.5, 0.6) is 0 Å². The number of hydrogen-bond acceptors (Lipinski definition) is 4. The Hall–Kier alpha value is -1.17. The molecule has 2 atom stereocenters. The normalized spacial score (nSPS) is 14.1. The first-order chi connectivity index (χ1) is 8.00. The lowest BCUT2D eigenvalue weighted by atomic mass is 10.0. The van der Waals surface area contributed by atoms with Crippen molar-refractivity contribution >= 4 is 17.5 Å². The molecular weight excluding hydrogens is 244 g/mol. The minimum absolute atomic E-state index is 0.167. The lowest BCUT2D eigenvalue weighted by Crippen LogP contribution is -2.27. The second-order valence-corrected chi connectivity index (χ2v) is 4.09. The predicted molar refractivity (Wildman–Crippen MR) is 63.5 cm³/mol. The number of aliphatic hydroxyl groups excluding tert-OH is 2. The number of amides is 1. The average molecular weight is 259 g/mol. The van der Waals surface area contributed by atoms with Crippen molar-refractivity contribution in [2.24, 2.45) is 0 Å². The first kappa shape index (κ1) is 13.9. The number of rotatable bonds is 5. The highest BCUT2D eigenvalue weighted by Crippen LogP contribution is 2.18. The van der Waals surface area contributed by atoms with Crippen molar-refractivity contribution in [2.75, 3.05) is 6.54 Å². The van der Waals surface area contributed by atoms with Crippen molar-refractivity contribution in [1.29, 1.82) is 0 Å². The molecule has 3 N–H and O–H groups in total. The highest BCUT2D eigenvalue weighted by atomic mass is 35.5. The molecule has 17 heavy (non-hydrogen) atoms. The molecule has 0 spiro atoms. The molecular formula is C11H15ClN2O3. The summed E-state index contributed by atoms with van der Waals surface area (Å²) in [4.78, 5) is 14.4. The van der Waals surface area contributed by atoms with E-state index in [1.165, 1.54) is 13.1 Å². The van der Waals surface area contributed by atoms with Crippen molar-refractivity contribution in [3.63, 3.8) is 0 Å². The Morgan fingerprint density at radius 2 is 2.24 bits per heavy atom. The largest absolute Gasteiger partial charge is 0.390 e. The third-order valence-corrected chi connectivity index (χ3v) is 2.49. The lowest BCUT2D eigenvalue weighted by molar-refractivity contribution is -0.119. The minimum Gasteiger partial charge on any atom is -0.390 e. The molecule has 1 rings (SSSR count). The molecule has 0 saturated carbocycles. The third-order valence-electron chi connectivity index (χ3n) is 2.27. The summed E-state index contributed by atoms with van der Waals surface area (Å²) >= 11 is 5.61. The maximum absolute atomic E-state index is 10.6. The van der Waals surface area contributed by atoms with Crippen LogP contribution in [0.15, 0.2) is 18.3 Å². The first-order valence-corrected chi connectivity index (χ1v) is 5.60. The number of aliphatic hydroxyl groups is 2. The second kappa shape index (κ2) is 6.54. The van der Waals surface area contributed by atoms with Gasteiger partial charge < -0.3 is 15.5 Å². The van der Waals surface area contributed by atoms with Crippen LogP contribution in [0.4, 0.5) is 0 Å². The Kier molecular flexibility index (Phi) is 5.34. The molecule has 1 aromatic rings. The number of carbonyl (C=O) groups excluding carboxylic acids is 1. The molecule has 1 heterocycles. The number of halogens is 1. The quantitative estimate of drug-likeness (QED) is 0.678. The summed E-state index contributed by atoms with van der Waals surface area (Å²) in [6.07, 6.45) is -0.309. The zero-order valence-corrected chi connectivity index (χ0v) is 10.2. The molecule has 0 radical (unpaired) electrons. The van der Waals surface area contributed by atoms with Crippen molar-refractivity contribution in [3.8, 4) is 0 Å². The molecule has 0 saturated heterocycles. The average Bonchev–Trinajstić information content (AvgIpc) is 2.28. The molecule has 1 amide bonds. The van der Waals surface area contributed by atoms with Gasteiger partial charge in [0.25, 0.3) is 0 Å². The fraction of sp³-hybridized carbons (Fsp3) is 0.455. The first-order valence-electron chi connectivity index (χ1n) is 5.22. The number of nitrogens with one attached hydrogen (secondary N) is 1. The molecule has 0 aliphatic rings. The van der Waals surface area contributed by atoms with E-state index in [1.807, 2.05) is 0 Å². The molecule has 0 aromatic carbocycles.